The number of nitro groups is 1. The van der Waals surface area contributed by atoms with Crippen molar-refractivity contribution in [3.05, 3.63) is 58.1 Å². The molecule has 0 unspecified atom stereocenters. The zero-order valence-electron chi connectivity index (χ0n) is 11.9. The normalized spacial score (nSPS) is 13.5. The summed E-state index contributed by atoms with van der Waals surface area (Å²) in [6.45, 7) is 1.33. The quantitative estimate of drug-likeness (QED) is 0.483. The molecular formula is C16H15NO4S. The first-order chi connectivity index (χ1) is 10.7. The zero-order valence-corrected chi connectivity index (χ0v) is 12.7. The minimum atomic E-state index is -0.373. The third-order valence-electron chi connectivity index (χ3n) is 3.25. The van der Waals surface area contributed by atoms with Gasteiger partial charge in [-0.2, -0.15) is 0 Å². The number of non-ortho nitro benzene ring substituents is 1. The fourth-order valence-electron chi connectivity index (χ4n) is 2.16. The highest BCUT2D eigenvalue weighted by molar-refractivity contribution is 7.98. The van der Waals surface area contributed by atoms with Crippen molar-refractivity contribution in [3.63, 3.8) is 0 Å². The van der Waals surface area contributed by atoms with Crippen molar-refractivity contribution < 1.29 is 14.4 Å². The number of nitrogens with zero attached hydrogens (tertiary/aromatic N) is 1. The summed E-state index contributed by atoms with van der Waals surface area (Å²) in [4.78, 5) is 11.5. The largest absolute Gasteiger partial charge is 0.490 e. The maximum Gasteiger partial charge on any atom is 0.269 e. The fraction of sp³-hybridized carbons (Fsp3) is 0.250. The van der Waals surface area contributed by atoms with E-state index in [-0.39, 0.29) is 10.6 Å². The number of ether oxygens (including phenoxy) is 2. The Kier molecular flexibility index (Phi) is 4.48. The van der Waals surface area contributed by atoms with E-state index in [4.69, 9.17) is 9.47 Å². The van der Waals surface area contributed by atoms with Crippen LogP contribution in [-0.2, 0) is 5.75 Å². The number of nitro benzene ring substituents is 1. The van der Waals surface area contributed by atoms with E-state index in [1.807, 2.05) is 24.3 Å². The Bertz CT molecular complexity index is 690. The molecule has 0 N–H and O–H groups in total. The summed E-state index contributed by atoms with van der Waals surface area (Å²) in [5.74, 6) is 2.21. The minimum absolute atomic E-state index is 0.122. The molecule has 0 fully saturated rings. The molecule has 0 aliphatic carbocycles. The average Bonchev–Trinajstić information content (AvgIpc) is 2.78. The summed E-state index contributed by atoms with van der Waals surface area (Å²) in [5.41, 5.74) is 1.04. The second-order valence-corrected chi connectivity index (χ2v) is 5.92. The van der Waals surface area contributed by atoms with Gasteiger partial charge in [-0.15, -0.1) is 11.8 Å². The maximum atomic E-state index is 10.8. The van der Waals surface area contributed by atoms with E-state index in [9.17, 15) is 10.1 Å². The highest BCUT2D eigenvalue weighted by atomic mass is 32.2. The second kappa shape index (κ2) is 6.70. The van der Waals surface area contributed by atoms with Crippen molar-refractivity contribution in [2.24, 2.45) is 0 Å². The molecule has 2 aromatic rings. The van der Waals surface area contributed by atoms with E-state index in [0.29, 0.717) is 19.0 Å². The standard InChI is InChI=1S/C16H15NO4S/c18-17(19)13-4-1-3-12(9-13)11-22-14-5-6-15-16(10-14)21-8-2-7-20-15/h1,3-6,9-10H,2,7-8,11H2. The highest BCUT2D eigenvalue weighted by Crippen LogP contribution is 2.35. The van der Waals surface area contributed by atoms with Crippen LogP contribution in [0.15, 0.2) is 47.4 Å². The average molecular weight is 317 g/mol. The monoisotopic (exact) mass is 317 g/mol. The van der Waals surface area contributed by atoms with Crippen LogP contribution in [0.25, 0.3) is 0 Å². The van der Waals surface area contributed by atoms with Crippen molar-refractivity contribution in [3.8, 4) is 11.5 Å². The SMILES string of the molecule is O=[N+]([O-])c1cccc(CSc2ccc3c(c2)OCCCO3)c1. The summed E-state index contributed by atoms with van der Waals surface area (Å²) in [5, 5.41) is 10.8. The van der Waals surface area contributed by atoms with Gasteiger partial charge >= 0.3 is 0 Å². The van der Waals surface area contributed by atoms with Crippen LogP contribution in [0.1, 0.15) is 12.0 Å². The highest BCUT2D eigenvalue weighted by Gasteiger charge is 2.11. The van der Waals surface area contributed by atoms with Gasteiger partial charge in [-0.05, 0) is 23.8 Å². The van der Waals surface area contributed by atoms with Gasteiger partial charge in [-0.25, -0.2) is 0 Å². The number of fused-ring (bicyclic) bond motifs is 1. The van der Waals surface area contributed by atoms with Crippen molar-refractivity contribution in [2.45, 2.75) is 17.1 Å². The van der Waals surface area contributed by atoms with Gasteiger partial charge in [0.1, 0.15) is 0 Å². The summed E-state index contributed by atoms with van der Waals surface area (Å²) in [7, 11) is 0. The van der Waals surface area contributed by atoms with E-state index in [0.717, 1.165) is 28.4 Å². The number of thioether (sulfide) groups is 1. The third kappa shape index (κ3) is 3.51. The predicted octanol–water partition coefficient (Wildman–Crippen LogP) is 4.05. The molecule has 5 nitrogen and oxygen atoms in total. The minimum Gasteiger partial charge on any atom is -0.490 e. The van der Waals surface area contributed by atoms with E-state index in [2.05, 4.69) is 0 Å². The summed E-state index contributed by atoms with van der Waals surface area (Å²) >= 11 is 1.62. The lowest BCUT2D eigenvalue weighted by molar-refractivity contribution is -0.384. The van der Waals surface area contributed by atoms with Gasteiger partial charge in [0.05, 0.1) is 18.1 Å². The van der Waals surface area contributed by atoms with E-state index >= 15 is 0 Å². The molecular weight excluding hydrogens is 302 g/mol. The number of hydrogen-bond acceptors (Lipinski definition) is 5. The van der Waals surface area contributed by atoms with Crippen molar-refractivity contribution in [2.75, 3.05) is 13.2 Å². The van der Waals surface area contributed by atoms with Gasteiger partial charge in [0.25, 0.3) is 5.69 Å². The smallest absolute Gasteiger partial charge is 0.269 e. The van der Waals surface area contributed by atoms with Gasteiger partial charge in [0.2, 0.25) is 0 Å². The van der Waals surface area contributed by atoms with Crippen molar-refractivity contribution >= 4 is 17.4 Å². The maximum absolute atomic E-state index is 10.8. The number of benzene rings is 2. The molecule has 3 rings (SSSR count). The van der Waals surface area contributed by atoms with Crippen LogP contribution in [-0.4, -0.2) is 18.1 Å². The Hall–Kier alpha value is -2.21. The lowest BCUT2D eigenvalue weighted by Gasteiger charge is -2.09. The number of hydrogen-bond donors (Lipinski definition) is 0. The van der Waals surface area contributed by atoms with Crippen LogP contribution < -0.4 is 9.47 Å². The third-order valence-corrected chi connectivity index (χ3v) is 4.31. The molecule has 0 spiro atoms. The van der Waals surface area contributed by atoms with Crippen LogP contribution in [0.3, 0.4) is 0 Å². The first kappa shape index (κ1) is 14.7. The van der Waals surface area contributed by atoms with Gasteiger partial charge in [0, 0.05) is 29.2 Å². The van der Waals surface area contributed by atoms with E-state index in [1.54, 1.807) is 23.9 Å². The molecule has 0 saturated carbocycles. The zero-order chi connectivity index (χ0) is 15.4. The Morgan fingerprint density at radius 3 is 2.73 bits per heavy atom. The molecule has 1 aliphatic rings. The van der Waals surface area contributed by atoms with Crippen LogP contribution in [0.2, 0.25) is 0 Å². The molecule has 1 aliphatic heterocycles. The Labute approximate surface area is 132 Å². The summed E-state index contributed by atoms with van der Waals surface area (Å²) in [6, 6.07) is 12.6. The molecule has 6 heteroatoms. The summed E-state index contributed by atoms with van der Waals surface area (Å²) in [6.07, 6.45) is 0.880. The van der Waals surface area contributed by atoms with Gasteiger partial charge in [-0.3, -0.25) is 10.1 Å². The molecule has 0 bridgehead atoms. The van der Waals surface area contributed by atoms with Crippen LogP contribution in [0.4, 0.5) is 5.69 Å². The lowest BCUT2D eigenvalue weighted by Crippen LogP contribution is -1.97. The first-order valence-corrected chi connectivity index (χ1v) is 7.97. The Morgan fingerprint density at radius 1 is 1.09 bits per heavy atom. The topological polar surface area (TPSA) is 61.6 Å². The second-order valence-electron chi connectivity index (χ2n) is 4.87. The molecule has 0 atom stereocenters. The molecule has 114 valence electrons. The van der Waals surface area contributed by atoms with Gasteiger partial charge < -0.3 is 9.47 Å². The lowest BCUT2D eigenvalue weighted by atomic mass is 10.2. The van der Waals surface area contributed by atoms with Crippen LogP contribution in [0.5, 0.6) is 11.5 Å². The molecule has 0 saturated heterocycles. The predicted molar refractivity (Wildman–Crippen MR) is 84.7 cm³/mol. The van der Waals surface area contributed by atoms with Crippen molar-refractivity contribution in [1.29, 1.82) is 0 Å². The van der Waals surface area contributed by atoms with Crippen LogP contribution in [0, 0.1) is 10.1 Å². The molecule has 0 aromatic heterocycles. The fourth-order valence-corrected chi connectivity index (χ4v) is 3.03. The molecule has 0 radical (unpaired) electrons. The summed E-state index contributed by atoms with van der Waals surface area (Å²) < 4.78 is 11.3. The number of rotatable bonds is 4. The first-order valence-electron chi connectivity index (χ1n) is 6.98. The van der Waals surface area contributed by atoms with Crippen molar-refractivity contribution in [1.82, 2.24) is 0 Å². The molecule has 22 heavy (non-hydrogen) atoms. The molecule has 1 heterocycles. The Balaban J connectivity index is 1.70. The van der Waals surface area contributed by atoms with Crippen LogP contribution >= 0.6 is 11.8 Å². The Morgan fingerprint density at radius 2 is 1.91 bits per heavy atom. The van der Waals surface area contributed by atoms with Gasteiger partial charge in [-0.1, -0.05) is 12.1 Å². The van der Waals surface area contributed by atoms with E-state index in [1.165, 1.54) is 6.07 Å². The van der Waals surface area contributed by atoms with E-state index < -0.39 is 0 Å². The molecule has 0 amide bonds. The van der Waals surface area contributed by atoms with Gasteiger partial charge in [0.15, 0.2) is 11.5 Å². The molecule has 2 aromatic carbocycles.